The molecule has 1 aliphatic carbocycles. The van der Waals surface area contributed by atoms with Crippen LogP contribution in [0.5, 0.6) is 0 Å². The van der Waals surface area contributed by atoms with Gasteiger partial charge in [0, 0.05) is 24.5 Å². The number of thiazole rings is 1. The highest BCUT2D eigenvalue weighted by molar-refractivity contribution is 7.07. The molecule has 1 heterocycles. The molecule has 5 nitrogen and oxygen atoms in total. The highest BCUT2D eigenvalue weighted by atomic mass is 32.1. The normalized spacial score (nSPS) is 20.4. The summed E-state index contributed by atoms with van der Waals surface area (Å²) < 4.78 is 15.2. The van der Waals surface area contributed by atoms with Crippen molar-refractivity contribution in [3.05, 3.63) is 46.0 Å². The lowest BCUT2D eigenvalue weighted by atomic mass is 10.1. The molecule has 23 heavy (non-hydrogen) atoms. The molecule has 1 N–H and O–H groups in total. The van der Waals surface area contributed by atoms with Gasteiger partial charge >= 0.3 is 0 Å². The zero-order valence-electron chi connectivity index (χ0n) is 12.7. The summed E-state index contributed by atoms with van der Waals surface area (Å²) in [6.07, 6.45) is 2.62. The quantitative estimate of drug-likeness (QED) is 0.938. The second-order valence-electron chi connectivity index (χ2n) is 5.71. The number of halogens is 1. The van der Waals surface area contributed by atoms with Gasteiger partial charge in [0.25, 0.3) is 5.91 Å². The highest BCUT2D eigenvalue weighted by Gasteiger charge is 2.39. The third-order valence-corrected chi connectivity index (χ3v) is 4.72. The van der Waals surface area contributed by atoms with E-state index in [0.717, 1.165) is 12.5 Å². The summed E-state index contributed by atoms with van der Waals surface area (Å²) in [5.41, 5.74) is 0.350. The van der Waals surface area contributed by atoms with Crippen molar-refractivity contribution in [2.75, 3.05) is 5.32 Å². The number of hydrogen-bond donors (Lipinski definition) is 1. The lowest BCUT2D eigenvalue weighted by molar-refractivity contribution is -0.117. The van der Waals surface area contributed by atoms with Crippen LogP contribution in [0, 0.1) is 17.7 Å². The summed E-state index contributed by atoms with van der Waals surface area (Å²) in [7, 11) is 1.77. The Bertz CT molecular complexity index is 840. The van der Waals surface area contributed by atoms with Crippen molar-refractivity contribution in [3.63, 3.8) is 0 Å². The fourth-order valence-electron chi connectivity index (χ4n) is 2.30. The molecule has 0 saturated heterocycles. The van der Waals surface area contributed by atoms with E-state index in [1.807, 2.05) is 6.92 Å². The number of nitrogens with one attached hydrogen (secondary N) is 1. The van der Waals surface area contributed by atoms with Crippen molar-refractivity contribution in [1.82, 2.24) is 4.57 Å². The van der Waals surface area contributed by atoms with Crippen molar-refractivity contribution in [2.45, 2.75) is 13.3 Å². The smallest absolute Gasteiger partial charge is 0.281 e. The first kappa shape index (κ1) is 15.6. The first-order valence-corrected chi connectivity index (χ1v) is 8.13. The standard InChI is InChI=1S/C16H16FN3O2S/c1-9-7-11(9)14(21)18-13-4-3-10(17)8-12(13)15(22)19-16-20(2)5-6-23-16/h3-6,8-9,11H,7H2,1-2H3,(H,18,21)/t9-,11+/m0/s1. The van der Waals surface area contributed by atoms with Gasteiger partial charge in [0.1, 0.15) is 5.82 Å². The Morgan fingerprint density at radius 1 is 1.43 bits per heavy atom. The molecule has 1 aliphatic rings. The topological polar surface area (TPSA) is 63.5 Å². The van der Waals surface area contributed by atoms with Crippen molar-refractivity contribution in [3.8, 4) is 0 Å². The number of carbonyl (C=O) groups excluding carboxylic acids is 2. The van der Waals surface area contributed by atoms with Gasteiger partial charge in [0.2, 0.25) is 5.91 Å². The summed E-state index contributed by atoms with van der Waals surface area (Å²) in [4.78, 5) is 28.9. The second kappa shape index (κ2) is 6.08. The van der Waals surface area contributed by atoms with Crippen molar-refractivity contribution in [1.29, 1.82) is 0 Å². The number of aryl methyl sites for hydroxylation is 1. The molecule has 7 heteroatoms. The first-order chi connectivity index (χ1) is 11.0. The van der Waals surface area contributed by atoms with Crippen LogP contribution in [0.4, 0.5) is 10.1 Å². The van der Waals surface area contributed by atoms with Gasteiger partial charge in [-0.2, -0.15) is 4.99 Å². The SMILES string of the molecule is C[C@H]1C[C@H]1C(=O)Nc1ccc(F)cc1C(=O)N=c1sccn1C. The van der Waals surface area contributed by atoms with Crippen LogP contribution in [0.3, 0.4) is 0 Å². The molecule has 1 fully saturated rings. The molecule has 1 aromatic heterocycles. The molecule has 3 rings (SSSR count). The van der Waals surface area contributed by atoms with Gasteiger partial charge in [0.05, 0.1) is 11.3 Å². The predicted octanol–water partition coefficient (Wildman–Crippen LogP) is 2.56. The van der Waals surface area contributed by atoms with Gasteiger partial charge in [-0.3, -0.25) is 9.59 Å². The van der Waals surface area contributed by atoms with E-state index in [1.54, 1.807) is 23.2 Å². The summed E-state index contributed by atoms with van der Waals surface area (Å²) in [6, 6.07) is 3.72. The van der Waals surface area contributed by atoms with E-state index in [1.165, 1.54) is 23.5 Å². The van der Waals surface area contributed by atoms with E-state index in [9.17, 15) is 14.0 Å². The molecular weight excluding hydrogens is 317 g/mol. The number of rotatable bonds is 3. The Morgan fingerprint density at radius 3 is 2.78 bits per heavy atom. The number of aromatic nitrogens is 1. The molecule has 1 aromatic carbocycles. The first-order valence-electron chi connectivity index (χ1n) is 7.25. The number of hydrogen-bond acceptors (Lipinski definition) is 3. The second-order valence-corrected chi connectivity index (χ2v) is 6.59. The van der Waals surface area contributed by atoms with Gasteiger partial charge < -0.3 is 9.88 Å². The van der Waals surface area contributed by atoms with Crippen LogP contribution in [-0.2, 0) is 11.8 Å². The molecule has 0 spiro atoms. The maximum Gasteiger partial charge on any atom is 0.281 e. The van der Waals surface area contributed by atoms with E-state index in [4.69, 9.17) is 0 Å². The molecule has 0 unspecified atom stereocenters. The maximum atomic E-state index is 13.5. The number of benzene rings is 1. The van der Waals surface area contributed by atoms with E-state index in [2.05, 4.69) is 10.3 Å². The zero-order chi connectivity index (χ0) is 16.6. The van der Waals surface area contributed by atoms with Gasteiger partial charge in [-0.1, -0.05) is 6.92 Å². The zero-order valence-corrected chi connectivity index (χ0v) is 13.6. The number of anilines is 1. The molecule has 0 aliphatic heterocycles. The van der Waals surface area contributed by atoms with Crippen LogP contribution in [0.1, 0.15) is 23.7 Å². The molecular formula is C16H16FN3O2S. The van der Waals surface area contributed by atoms with Crippen LogP contribution < -0.4 is 10.1 Å². The molecule has 2 aromatic rings. The number of nitrogens with zero attached hydrogens (tertiary/aromatic N) is 2. The van der Waals surface area contributed by atoms with Gasteiger partial charge in [-0.15, -0.1) is 11.3 Å². The Hall–Kier alpha value is -2.28. The fourth-order valence-corrected chi connectivity index (χ4v) is 3.02. The van der Waals surface area contributed by atoms with E-state index in [-0.39, 0.29) is 17.4 Å². The Morgan fingerprint density at radius 2 is 2.17 bits per heavy atom. The molecule has 120 valence electrons. The van der Waals surface area contributed by atoms with Crippen LogP contribution in [0.2, 0.25) is 0 Å². The van der Waals surface area contributed by atoms with Crippen LogP contribution >= 0.6 is 11.3 Å². The third kappa shape index (κ3) is 3.39. The minimum absolute atomic E-state index is 0.0324. The fraction of sp³-hybridized carbons (Fsp3) is 0.312. The van der Waals surface area contributed by atoms with Crippen molar-refractivity contribution in [2.24, 2.45) is 23.9 Å². The average molecular weight is 333 g/mol. The summed E-state index contributed by atoms with van der Waals surface area (Å²) in [6.45, 7) is 1.99. The number of amides is 2. The molecule has 2 amide bonds. The highest BCUT2D eigenvalue weighted by Crippen LogP contribution is 2.38. The maximum absolute atomic E-state index is 13.5. The van der Waals surface area contributed by atoms with Crippen LogP contribution in [0.25, 0.3) is 0 Å². The molecule has 0 bridgehead atoms. The monoisotopic (exact) mass is 333 g/mol. The van der Waals surface area contributed by atoms with Crippen LogP contribution in [-0.4, -0.2) is 16.4 Å². The Labute approximate surface area is 136 Å². The van der Waals surface area contributed by atoms with E-state index < -0.39 is 11.7 Å². The lowest BCUT2D eigenvalue weighted by Crippen LogP contribution is -2.18. The molecule has 0 radical (unpaired) electrons. The Balaban J connectivity index is 1.91. The van der Waals surface area contributed by atoms with Crippen molar-refractivity contribution < 1.29 is 14.0 Å². The van der Waals surface area contributed by atoms with Crippen LogP contribution in [0.15, 0.2) is 34.8 Å². The van der Waals surface area contributed by atoms with Gasteiger partial charge in [-0.05, 0) is 30.5 Å². The minimum atomic E-state index is -0.582. The van der Waals surface area contributed by atoms with Gasteiger partial charge in [0.15, 0.2) is 4.80 Å². The lowest BCUT2D eigenvalue weighted by Gasteiger charge is -2.08. The van der Waals surface area contributed by atoms with Crippen molar-refractivity contribution >= 4 is 28.8 Å². The van der Waals surface area contributed by atoms with E-state index >= 15 is 0 Å². The van der Waals surface area contributed by atoms with E-state index in [0.29, 0.717) is 16.4 Å². The molecule has 1 saturated carbocycles. The summed E-state index contributed by atoms with van der Waals surface area (Å²) >= 11 is 1.31. The summed E-state index contributed by atoms with van der Waals surface area (Å²) in [5.74, 6) is -0.946. The summed E-state index contributed by atoms with van der Waals surface area (Å²) in [5, 5.41) is 4.52. The Kier molecular flexibility index (Phi) is 4.12. The average Bonchev–Trinajstić information content (AvgIpc) is 3.12. The minimum Gasteiger partial charge on any atom is -0.327 e. The third-order valence-electron chi connectivity index (χ3n) is 3.87. The van der Waals surface area contributed by atoms with Gasteiger partial charge in [-0.25, -0.2) is 4.39 Å². The molecule has 2 atom stereocenters. The number of carbonyl (C=O) groups is 2. The predicted molar refractivity (Wildman–Crippen MR) is 85.5 cm³/mol. The largest absolute Gasteiger partial charge is 0.327 e.